The maximum absolute atomic E-state index is 11.3. The zero-order chi connectivity index (χ0) is 12.8. The fourth-order valence-corrected chi connectivity index (χ4v) is 0.882. The Labute approximate surface area is 95.4 Å². The van der Waals surface area contributed by atoms with Crippen LogP contribution in [0.4, 0.5) is 4.79 Å². The first-order valence-electron chi connectivity index (χ1n) is 5.14. The second-order valence-corrected chi connectivity index (χ2v) is 4.38. The average Bonchev–Trinajstić information content (AvgIpc) is 2.10. The fourth-order valence-electron chi connectivity index (χ4n) is 0.882. The van der Waals surface area contributed by atoms with Crippen molar-refractivity contribution in [2.45, 2.75) is 39.3 Å². The van der Waals surface area contributed by atoms with Gasteiger partial charge in [-0.3, -0.25) is 4.79 Å². The molecule has 6 nitrogen and oxygen atoms in total. The SMILES string of the molecule is CC(NC(=O)OC(C)(C)C)C(=O)NCCO. The van der Waals surface area contributed by atoms with E-state index in [2.05, 4.69) is 10.6 Å². The lowest BCUT2D eigenvalue weighted by atomic mass is 10.2. The van der Waals surface area contributed by atoms with Crippen molar-refractivity contribution in [1.29, 1.82) is 0 Å². The van der Waals surface area contributed by atoms with Crippen molar-refractivity contribution in [3.05, 3.63) is 0 Å². The van der Waals surface area contributed by atoms with E-state index in [1.165, 1.54) is 6.92 Å². The molecule has 0 aliphatic carbocycles. The number of nitrogens with one attached hydrogen (secondary N) is 2. The summed E-state index contributed by atoms with van der Waals surface area (Å²) >= 11 is 0. The summed E-state index contributed by atoms with van der Waals surface area (Å²) in [6.07, 6.45) is -0.640. The van der Waals surface area contributed by atoms with Crippen LogP contribution in [0.3, 0.4) is 0 Å². The Morgan fingerprint density at radius 3 is 2.38 bits per heavy atom. The van der Waals surface area contributed by atoms with Crippen LogP contribution in [0.1, 0.15) is 27.7 Å². The predicted octanol–water partition coefficient (Wildman–Crippen LogP) is 0.00810. The molecule has 2 amide bonds. The largest absolute Gasteiger partial charge is 0.444 e. The normalized spacial score (nSPS) is 12.8. The van der Waals surface area contributed by atoms with E-state index in [1.54, 1.807) is 20.8 Å². The second kappa shape index (κ2) is 6.32. The number of aliphatic hydroxyl groups is 1. The van der Waals surface area contributed by atoms with Gasteiger partial charge in [0.15, 0.2) is 0 Å². The van der Waals surface area contributed by atoms with Gasteiger partial charge in [-0.2, -0.15) is 0 Å². The van der Waals surface area contributed by atoms with Gasteiger partial charge in [0.25, 0.3) is 0 Å². The van der Waals surface area contributed by atoms with E-state index in [0.29, 0.717) is 0 Å². The third-order valence-electron chi connectivity index (χ3n) is 1.54. The number of amides is 2. The van der Waals surface area contributed by atoms with E-state index in [9.17, 15) is 9.59 Å². The topological polar surface area (TPSA) is 87.7 Å². The zero-order valence-electron chi connectivity index (χ0n) is 10.2. The van der Waals surface area contributed by atoms with Crippen LogP contribution in [0.25, 0.3) is 0 Å². The molecule has 0 heterocycles. The number of hydrogen-bond donors (Lipinski definition) is 3. The van der Waals surface area contributed by atoms with Crippen LogP contribution < -0.4 is 10.6 Å². The smallest absolute Gasteiger partial charge is 0.408 e. The van der Waals surface area contributed by atoms with Gasteiger partial charge in [0.1, 0.15) is 11.6 Å². The molecular weight excluding hydrogens is 212 g/mol. The fraction of sp³-hybridized carbons (Fsp3) is 0.800. The molecule has 0 aromatic heterocycles. The van der Waals surface area contributed by atoms with Crippen LogP contribution in [0.15, 0.2) is 0 Å². The molecule has 0 saturated carbocycles. The maximum Gasteiger partial charge on any atom is 0.408 e. The Kier molecular flexibility index (Phi) is 5.81. The van der Waals surface area contributed by atoms with Gasteiger partial charge in [0.05, 0.1) is 6.61 Å². The van der Waals surface area contributed by atoms with E-state index in [1.807, 2.05) is 0 Å². The quantitative estimate of drug-likeness (QED) is 0.637. The number of alkyl carbamates (subject to hydrolysis) is 1. The Bertz CT molecular complexity index is 248. The molecule has 0 aliphatic rings. The highest BCUT2D eigenvalue weighted by atomic mass is 16.6. The van der Waals surface area contributed by atoms with Crippen molar-refractivity contribution in [3.63, 3.8) is 0 Å². The van der Waals surface area contributed by atoms with Gasteiger partial charge in [-0.05, 0) is 27.7 Å². The molecule has 3 N–H and O–H groups in total. The van der Waals surface area contributed by atoms with Crippen LogP contribution in [-0.4, -0.2) is 41.9 Å². The minimum Gasteiger partial charge on any atom is -0.444 e. The maximum atomic E-state index is 11.3. The molecule has 0 aromatic rings. The Balaban J connectivity index is 3.99. The molecular formula is C10H20N2O4. The monoisotopic (exact) mass is 232 g/mol. The first kappa shape index (κ1) is 14.7. The summed E-state index contributed by atoms with van der Waals surface area (Å²) in [5.74, 6) is -0.361. The van der Waals surface area contributed by atoms with Gasteiger partial charge >= 0.3 is 6.09 Å². The Morgan fingerprint density at radius 2 is 1.94 bits per heavy atom. The van der Waals surface area contributed by atoms with Gasteiger partial charge < -0.3 is 20.5 Å². The van der Waals surface area contributed by atoms with E-state index in [4.69, 9.17) is 9.84 Å². The molecule has 16 heavy (non-hydrogen) atoms. The first-order chi connectivity index (χ1) is 7.26. The highest BCUT2D eigenvalue weighted by Gasteiger charge is 2.20. The van der Waals surface area contributed by atoms with Gasteiger partial charge in [-0.1, -0.05) is 0 Å². The van der Waals surface area contributed by atoms with Crippen LogP contribution in [0, 0.1) is 0 Å². The number of ether oxygens (including phenoxy) is 1. The number of rotatable bonds is 4. The summed E-state index contributed by atoms with van der Waals surface area (Å²) in [5.41, 5.74) is -0.592. The van der Waals surface area contributed by atoms with Crippen LogP contribution >= 0.6 is 0 Å². The lowest BCUT2D eigenvalue weighted by Gasteiger charge is -2.21. The number of carbonyl (C=O) groups excluding carboxylic acids is 2. The third kappa shape index (κ3) is 7.05. The minimum atomic E-state index is -0.693. The van der Waals surface area contributed by atoms with E-state index >= 15 is 0 Å². The summed E-state index contributed by atoms with van der Waals surface area (Å²) in [5, 5.41) is 13.3. The summed E-state index contributed by atoms with van der Waals surface area (Å²) in [6.45, 7) is 6.79. The van der Waals surface area contributed by atoms with Crippen molar-refractivity contribution in [2.24, 2.45) is 0 Å². The summed E-state index contributed by atoms with van der Waals surface area (Å²) < 4.78 is 4.98. The van der Waals surface area contributed by atoms with E-state index in [-0.39, 0.29) is 19.1 Å². The Morgan fingerprint density at radius 1 is 1.38 bits per heavy atom. The molecule has 0 aliphatic heterocycles. The second-order valence-electron chi connectivity index (χ2n) is 4.38. The highest BCUT2D eigenvalue weighted by molar-refractivity contribution is 5.85. The lowest BCUT2D eigenvalue weighted by molar-refractivity contribution is -0.122. The number of hydrogen-bond acceptors (Lipinski definition) is 4. The number of carbonyl (C=O) groups is 2. The van der Waals surface area contributed by atoms with Crippen molar-refractivity contribution in [3.8, 4) is 0 Å². The molecule has 1 unspecified atom stereocenters. The standard InChI is InChI=1S/C10H20N2O4/c1-7(8(14)11-5-6-13)12-9(15)16-10(2,3)4/h7,13H,5-6H2,1-4H3,(H,11,14)(H,12,15). The summed E-state index contributed by atoms with van der Waals surface area (Å²) in [7, 11) is 0. The summed E-state index contributed by atoms with van der Waals surface area (Å²) in [6, 6.07) is -0.693. The number of aliphatic hydroxyl groups excluding tert-OH is 1. The van der Waals surface area contributed by atoms with Gasteiger partial charge in [-0.25, -0.2) is 4.79 Å². The van der Waals surface area contributed by atoms with Crippen LogP contribution in [-0.2, 0) is 9.53 Å². The molecule has 94 valence electrons. The molecule has 6 heteroatoms. The van der Waals surface area contributed by atoms with Crippen molar-refractivity contribution in [2.75, 3.05) is 13.2 Å². The molecule has 1 atom stereocenters. The van der Waals surface area contributed by atoms with Gasteiger partial charge in [0, 0.05) is 6.54 Å². The molecule has 0 spiro atoms. The summed E-state index contributed by atoms with van der Waals surface area (Å²) in [4.78, 5) is 22.6. The van der Waals surface area contributed by atoms with E-state index < -0.39 is 17.7 Å². The third-order valence-corrected chi connectivity index (χ3v) is 1.54. The lowest BCUT2D eigenvalue weighted by Crippen LogP contribution is -2.47. The predicted molar refractivity (Wildman–Crippen MR) is 58.9 cm³/mol. The molecule has 0 rings (SSSR count). The van der Waals surface area contributed by atoms with Crippen molar-refractivity contribution < 1.29 is 19.4 Å². The van der Waals surface area contributed by atoms with Gasteiger partial charge in [0.2, 0.25) is 5.91 Å². The zero-order valence-corrected chi connectivity index (χ0v) is 10.2. The van der Waals surface area contributed by atoms with Crippen molar-refractivity contribution >= 4 is 12.0 Å². The average molecular weight is 232 g/mol. The van der Waals surface area contributed by atoms with Crippen LogP contribution in [0.2, 0.25) is 0 Å². The molecule has 0 radical (unpaired) electrons. The Hall–Kier alpha value is -1.30. The van der Waals surface area contributed by atoms with Crippen molar-refractivity contribution in [1.82, 2.24) is 10.6 Å². The molecule has 0 saturated heterocycles. The first-order valence-corrected chi connectivity index (χ1v) is 5.14. The highest BCUT2D eigenvalue weighted by Crippen LogP contribution is 2.06. The molecule has 0 bridgehead atoms. The van der Waals surface area contributed by atoms with E-state index in [0.717, 1.165) is 0 Å². The molecule has 0 fully saturated rings. The molecule has 0 aromatic carbocycles. The minimum absolute atomic E-state index is 0.134. The van der Waals surface area contributed by atoms with Crippen LogP contribution in [0.5, 0.6) is 0 Å². The van der Waals surface area contributed by atoms with Gasteiger partial charge in [-0.15, -0.1) is 0 Å².